The third kappa shape index (κ3) is 3.18. The Bertz CT molecular complexity index is 1370. The first-order valence-corrected chi connectivity index (χ1v) is 11.1. The SMILES string of the molecule is CC(C)(C)c1ccc(C2c3c(oc4ccc(Cl)cc4c3=O)C(=O)N2c2nccs2)cc1. The molecule has 156 valence electrons. The Morgan fingerprint density at radius 3 is 2.48 bits per heavy atom. The summed E-state index contributed by atoms with van der Waals surface area (Å²) in [5, 5.41) is 3.11. The first-order chi connectivity index (χ1) is 14.8. The van der Waals surface area contributed by atoms with E-state index in [1.807, 2.05) is 24.3 Å². The molecule has 4 aromatic rings. The number of thiazole rings is 1. The van der Waals surface area contributed by atoms with Gasteiger partial charge in [-0.1, -0.05) is 56.6 Å². The fraction of sp³-hybridized carbons (Fsp3) is 0.208. The summed E-state index contributed by atoms with van der Waals surface area (Å²) in [4.78, 5) is 32.8. The number of fused-ring (bicyclic) bond motifs is 2. The lowest BCUT2D eigenvalue weighted by Crippen LogP contribution is -2.29. The molecule has 1 aliphatic rings. The highest BCUT2D eigenvalue weighted by Gasteiger charge is 2.44. The average molecular weight is 451 g/mol. The van der Waals surface area contributed by atoms with E-state index in [-0.39, 0.29) is 22.5 Å². The summed E-state index contributed by atoms with van der Waals surface area (Å²) in [6.07, 6.45) is 1.64. The van der Waals surface area contributed by atoms with Crippen LogP contribution in [0.5, 0.6) is 0 Å². The van der Waals surface area contributed by atoms with Gasteiger partial charge in [0.2, 0.25) is 5.76 Å². The maximum absolute atomic E-state index is 13.5. The van der Waals surface area contributed by atoms with Gasteiger partial charge in [0.1, 0.15) is 5.58 Å². The van der Waals surface area contributed by atoms with E-state index in [2.05, 4.69) is 25.8 Å². The van der Waals surface area contributed by atoms with Crippen molar-refractivity contribution >= 4 is 44.9 Å². The van der Waals surface area contributed by atoms with Crippen LogP contribution in [0.4, 0.5) is 5.13 Å². The van der Waals surface area contributed by atoms with Crippen molar-refractivity contribution in [2.45, 2.75) is 32.2 Å². The molecule has 0 spiro atoms. The Labute approximate surface area is 187 Å². The Hall–Kier alpha value is -2.96. The van der Waals surface area contributed by atoms with Crippen molar-refractivity contribution in [1.29, 1.82) is 0 Å². The molecule has 0 radical (unpaired) electrons. The predicted molar refractivity (Wildman–Crippen MR) is 123 cm³/mol. The van der Waals surface area contributed by atoms with E-state index in [1.54, 1.807) is 34.7 Å². The minimum atomic E-state index is -0.623. The Kier molecular flexibility index (Phi) is 4.53. The molecule has 0 saturated heterocycles. The summed E-state index contributed by atoms with van der Waals surface area (Å²) in [6.45, 7) is 6.42. The van der Waals surface area contributed by atoms with Gasteiger partial charge in [-0.15, -0.1) is 11.3 Å². The quantitative estimate of drug-likeness (QED) is 0.378. The van der Waals surface area contributed by atoms with Gasteiger partial charge in [0.05, 0.1) is 17.0 Å². The molecule has 1 unspecified atom stereocenters. The summed E-state index contributed by atoms with van der Waals surface area (Å²) in [5.74, 6) is -0.316. The molecule has 7 heteroatoms. The highest BCUT2D eigenvalue weighted by molar-refractivity contribution is 7.13. The van der Waals surface area contributed by atoms with Crippen LogP contribution in [0.3, 0.4) is 0 Å². The number of nitrogens with zero attached hydrogens (tertiary/aromatic N) is 2. The van der Waals surface area contributed by atoms with E-state index < -0.39 is 6.04 Å². The third-order valence-corrected chi connectivity index (χ3v) is 6.56. The van der Waals surface area contributed by atoms with Gasteiger partial charge in [0, 0.05) is 16.6 Å². The molecule has 2 aromatic heterocycles. The first kappa shape index (κ1) is 20.0. The summed E-state index contributed by atoms with van der Waals surface area (Å²) < 4.78 is 5.94. The number of hydrogen-bond acceptors (Lipinski definition) is 5. The molecular formula is C24H19ClN2O3S. The zero-order valence-electron chi connectivity index (χ0n) is 17.2. The lowest BCUT2D eigenvalue weighted by Gasteiger charge is -2.24. The second kappa shape index (κ2) is 7.04. The molecule has 3 heterocycles. The lowest BCUT2D eigenvalue weighted by atomic mass is 9.86. The monoisotopic (exact) mass is 450 g/mol. The number of aromatic nitrogens is 1. The van der Waals surface area contributed by atoms with Crippen LogP contribution in [0.25, 0.3) is 11.0 Å². The topological polar surface area (TPSA) is 63.4 Å². The van der Waals surface area contributed by atoms with Crippen molar-refractivity contribution in [3.63, 3.8) is 0 Å². The van der Waals surface area contributed by atoms with E-state index in [0.29, 0.717) is 26.7 Å². The summed E-state index contributed by atoms with van der Waals surface area (Å²) in [7, 11) is 0. The number of amides is 1. The molecular weight excluding hydrogens is 432 g/mol. The van der Waals surface area contributed by atoms with Crippen LogP contribution < -0.4 is 10.3 Å². The Morgan fingerprint density at radius 2 is 1.84 bits per heavy atom. The molecule has 1 atom stereocenters. The molecule has 1 amide bonds. The van der Waals surface area contributed by atoms with E-state index in [1.165, 1.54) is 16.9 Å². The molecule has 0 aliphatic carbocycles. The molecule has 1 aliphatic heterocycles. The second-order valence-corrected chi connectivity index (χ2v) is 9.89. The van der Waals surface area contributed by atoms with Crippen LogP contribution in [0.2, 0.25) is 5.02 Å². The maximum atomic E-state index is 13.5. The van der Waals surface area contributed by atoms with E-state index >= 15 is 0 Å². The first-order valence-electron chi connectivity index (χ1n) is 9.85. The number of hydrogen-bond donors (Lipinski definition) is 0. The van der Waals surface area contributed by atoms with Crippen LogP contribution in [0, 0.1) is 0 Å². The molecule has 31 heavy (non-hydrogen) atoms. The molecule has 5 rings (SSSR count). The van der Waals surface area contributed by atoms with Crippen molar-refractivity contribution in [2.75, 3.05) is 4.90 Å². The van der Waals surface area contributed by atoms with Gasteiger partial charge in [-0.25, -0.2) is 4.98 Å². The molecule has 0 N–H and O–H groups in total. The molecule has 5 nitrogen and oxygen atoms in total. The fourth-order valence-corrected chi connectivity index (χ4v) is 4.80. The zero-order chi connectivity index (χ0) is 21.9. The van der Waals surface area contributed by atoms with Gasteiger partial charge in [-0.3, -0.25) is 14.5 Å². The Morgan fingerprint density at radius 1 is 1.10 bits per heavy atom. The number of halogens is 1. The van der Waals surface area contributed by atoms with Gasteiger partial charge in [-0.05, 0) is 34.7 Å². The normalized spacial score (nSPS) is 16.2. The maximum Gasteiger partial charge on any atom is 0.297 e. The van der Waals surface area contributed by atoms with Crippen LogP contribution in [0.1, 0.15) is 54.1 Å². The fourth-order valence-electron chi connectivity index (χ4n) is 3.96. The molecule has 2 aromatic carbocycles. The summed E-state index contributed by atoms with van der Waals surface area (Å²) in [6, 6.07) is 12.2. The van der Waals surface area contributed by atoms with E-state index in [4.69, 9.17) is 16.0 Å². The number of anilines is 1. The number of carbonyl (C=O) groups excluding carboxylic acids is 1. The number of rotatable bonds is 2. The van der Waals surface area contributed by atoms with E-state index in [0.717, 1.165) is 5.56 Å². The minimum absolute atomic E-state index is 0.0110. The largest absolute Gasteiger partial charge is 0.450 e. The highest BCUT2D eigenvalue weighted by atomic mass is 35.5. The van der Waals surface area contributed by atoms with Crippen molar-refractivity contribution in [3.05, 3.63) is 91.7 Å². The smallest absolute Gasteiger partial charge is 0.297 e. The number of carbonyl (C=O) groups is 1. The third-order valence-electron chi connectivity index (χ3n) is 5.55. The van der Waals surface area contributed by atoms with Crippen molar-refractivity contribution in [3.8, 4) is 0 Å². The van der Waals surface area contributed by atoms with Crippen LogP contribution in [-0.4, -0.2) is 10.9 Å². The minimum Gasteiger partial charge on any atom is -0.450 e. The van der Waals surface area contributed by atoms with Gasteiger partial charge < -0.3 is 4.42 Å². The predicted octanol–water partition coefficient (Wildman–Crippen LogP) is 5.95. The molecule has 0 fully saturated rings. The van der Waals surface area contributed by atoms with Gasteiger partial charge in [0.25, 0.3) is 5.91 Å². The van der Waals surface area contributed by atoms with E-state index in [9.17, 15) is 9.59 Å². The molecule has 0 bridgehead atoms. The van der Waals surface area contributed by atoms with Crippen molar-refractivity contribution < 1.29 is 9.21 Å². The van der Waals surface area contributed by atoms with Gasteiger partial charge >= 0.3 is 0 Å². The van der Waals surface area contributed by atoms with Crippen LogP contribution >= 0.6 is 22.9 Å². The van der Waals surface area contributed by atoms with Gasteiger partial charge in [0.15, 0.2) is 10.6 Å². The van der Waals surface area contributed by atoms with Crippen LogP contribution in [-0.2, 0) is 5.41 Å². The Balaban J connectivity index is 1.77. The van der Waals surface area contributed by atoms with Crippen LogP contribution in [0.15, 0.2) is 63.3 Å². The highest BCUT2D eigenvalue weighted by Crippen LogP contribution is 2.42. The lowest BCUT2D eigenvalue weighted by molar-refractivity contribution is 0.0971. The zero-order valence-corrected chi connectivity index (χ0v) is 18.8. The average Bonchev–Trinajstić information content (AvgIpc) is 3.35. The van der Waals surface area contributed by atoms with Crippen molar-refractivity contribution in [2.24, 2.45) is 0 Å². The summed E-state index contributed by atoms with van der Waals surface area (Å²) >= 11 is 7.47. The second-order valence-electron chi connectivity index (χ2n) is 8.58. The summed E-state index contributed by atoms with van der Waals surface area (Å²) in [5.41, 5.74) is 2.38. The number of benzene rings is 2. The molecule has 0 saturated carbocycles. The van der Waals surface area contributed by atoms with Crippen molar-refractivity contribution in [1.82, 2.24) is 4.98 Å². The van der Waals surface area contributed by atoms with Gasteiger partial charge in [-0.2, -0.15) is 0 Å². The standard InChI is InChI=1S/C24H19ClN2O3S/c1-24(2,3)14-6-4-13(5-7-14)19-18-20(28)16-12-15(25)8-9-17(16)30-21(18)22(29)27(19)23-26-10-11-31-23/h4-12,19H,1-3H3.